The lowest BCUT2D eigenvalue weighted by molar-refractivity contribution is -0.387. The molecule has 0 saturated carbocycles. The van der Waals surface area contributed by atoms with Crippen LogP contribution in [-0.4, -0.2) is 30.9 Å². The number of nitrogens with one attached hydrogen (secondary N) is 2. The molecule has 1 saturated heterocycles. The molecule has 1 atom stereocenters. The van der Waals surface area contributed by atoms with Crippen LogP contribution < -0.4 is 16.0 Å². The molecule has 0 bridgehead atoms. The Balaban J connectivity index is 2.39. The predicted octanol–water partition coefficient (Wildman–Crippen LogP) is 0.664. The van der Waals surface area contributed by atoms with E-state index in [2.05, 4.69) is 10.1 Å². The molecule has 8 nitrogen and oxygen atoms in total. The van der Waals surface area contributed by atoms with Crippen molar-refractivity contribution in [2.24, 2.45) is 5.84 Å². The summed E-state index contributed by atoms with van der Waals surface area (Å²) in [6.45, 7) is 0. The van der Waals surface area contributed by atoms with Gasteiger partial charge in [-0.25, -0.2) is 13.1 Å². The Bertz CT molecular complexity index is 614. The maximum Gasteiger partial charge on any atom is 0.289 e. The molecule has 0 amide bonds. The molecular weight excluding hydrogens is 304 g/mol. The summed E-state index contributed by atoms with van der Waals surface area (Å²) in [7, 11) is -3.95. The van der Waals surface area contributed by atoms with E-state index in [0.717, 1.165) is 17.9 Å². The second-order valence-corrected chi connectivity index (χ2v) is 7.10. The third kappa shape index (κ3) is 3.20. The number of nitro benzene ring substituents is 1. The zero-order valence-corrected chi connectivity index (χ0v) is 12.0. The van der Waals surface area contributed by atoms with E-state index in [1.807, 2.05) is 0 Å². The normalized spacial score (nSPS) is 18.9. The van der Waals surface area contributed by atoms with Crippen LogP contribution in [0.1, 0.15) is 6.42 Å². The zero-order valence-electron chi connectivity index (χ0n) is 10.4. The van der Waals surface area contributed by atoms with Crippen LogP contribution in [0.15, 0.2) is 23.1 Å². The van der Waals surface area contributed by atoms with Gasteiger partial charge in [-0.05, 0) is 24.3 Å². The van der Waals surface area contributed by atoms with E-state index in [9.17, 15) is 18.5 Å². The van der Waals surface area contributed by atoms with Gasteiger partial charge in [-0.2, -0.15) is 11.8 Å². The Hall–Kier alpha value is -1.36. The average Bonchev–Trinajstić information content (AvgIpc) is 2.90. The maximum atomic E-state index is 12.3. The van der Waals surface area contributed by atoms with Crippen molar-refractivity contribution in [3.05, 3.63) is 28.3 Å². The molecule has 20 heavy (non-hydrogen) atoms. The van der Waals surface area contributed by atoms with Crippen molar-refractivity contribution in [3.8, 4) is 0 Å². The first-order valence-electron chi connectivity index (χ1n) is 5.79. The summed E-state index contributed by atoms with van der Waals surface area (Å²) in [5, 5.41) is 11.0. The van der Waals surface area contributed by atoms with E-state index in [0.29, 0.717) is 12.2 Å². The second kappa shape index (κ2) is 5.95. The first-order chi connectivity index (χ1) is 9.44. The lowest BCUT2D eigenvalue weighted by atomic mass is 10.3. The number of hydrazine groups is 1. The number of nitrogens with two attached hydrogens (primary N) is 1. The van der Waals surface area contributed by atoms with Gasteiger partial charge < -0.3 is 5.43 Å². The van der Waals surface area contributed by atoms with Gasteiger partial charge in [-0.3, -0.25) is 16.0 Å². The number of hydrogen-bond donors (Lipinski definition) is 3. The highest BCUT2D eigenvalue weighted by atomic mass is 32.2. The molecule has 4 N–H and O–H groups in total. The number of sulfonamides is 1. The number of anilines is 1. The number of nitro groups is 1. The smallest absolute Gasteiger partial charge is 0.289 e. The number of rotatable bonds is 5. The zero-order chi connectivity index (χ0) is 14.8. The van der Waals surface area contributed by atoms with Crippen molar-refractivity contribution in [2.45, 2.75) is 17.4 Å². The molecule has 0 aromatic heterocycles. The Morgan fingerprint density at radius 1 is 1.45 bits per heavy atom. The fourth-order valence-corrected chi connectivity index (χ4v) is 4.61. The monoisotopic (exact) mass is 318 g/mol. The van der Waals surface area contributed by atoms with E-state index >= 15 is 0 Å². The Kier molecular flexibility index (Phi) is 4.48. The van der Waals surface area contributed by atoms with E-state index in [-0.39, 0.29) is 16.6 Å². The highest BCUT2D eigenvalue weighted by Gasteiger charge is 2.29. The van der Waals surface area contributed by atoms with Gasteiger partial charge in [0.1, 0.15) is 0 Å². The number of benzene rings is 1. The van der Waals surface area contributed by atoms with Crippen LogP contribution in [-0.2, 0) is 10.0 Å². The van der Waals surface area contributed by atoms with Crippen molar-refractivity contribution < 1.29 is 13.3 Å². The molecule has 0 spiro atoms. The highest BCUT2D eigenvalue weighted by molar-refractivity contribution is 7.99. The van der Waals surface area contributed by atoms with Gasteiger partial charge in [-0.1, -0.05) is 0 Å². The number of nitrogen functional groups attached to an aromatic ring is 1. The minimum Gasteiger partial charge on any atom is -0.324 e. The Morgan fingerprint density at radius 2 is 2.20 bits per heavy atom. The minimum atomic E-state index is -3.95. The molecule has 0 radical (unpaired) electrons. The quantitative estimate of drug-likeness (QED) is 0.413. The molecule has 110 valence electrons. The van der Waals surface area contributed by atoms with Gasteiger partial charge in [0.05, 0.1) is 10.6 Å². The van der Waals surface area contributed by atoms with Gasteiger partial charge in [0.25, 0.3) is 5.69 Å². The maximum absolute atomic E-state index is 12.3. The number of hydrogen-bond acceptors (Lipinski definition) is 7. The lowest BCUT2D eigenvalue weighted by Crippen LogP contribution is -2.35. The van der Waals surface area contributed by atoms with Crippen LogP contribution in [0.4, 0.5) is 11.4 Å². The van der Waals surface area contributed by atoms with Gasteiger partial charge in [0.15, 0.2) is 4.90 Å². The summed E-state index contributed by atoms with van der Waals surface area (Å²) in [5.41, 5.74) is 2.10. The lowest BCUT2D eigenvalue weighted by Gasteiger charge is -2.13. The van der Waals surface area contributed by atoms with Crippen LogP contribution in [0.2, 0.25) is 0 Å². The molecule has 1 heterocycles. The van der Waals surface area contributed by atoms with Gasteiger partial charge in [0.2, 0.25) is 10.0 Å². The summed E-state index contributed by atoms with van der Waals surface area (Å²) in [6, 6.07) is 3.43. The van der Waals surface area contributed by atoms with Gasteiger partial charge in [-0.15, -0.1) is 0 Å². The number of nitrogens with zero attached hydrogens (tertiary/aromatic N) is 1. The van der Waals surface area contributed by atoms with Crippen LogP contribution in [0.3, 0.4) is 0 Å². The standard InChI is InChI=1S/C10H14N4O4S2/c11-12-7-1-2-9(14(15)16)10(5-7)20(17,18)13-8-3-4-19-6-8/h1-2,5,8,12-13H,3-4,6,11H2. The van der Waals surface area contributed by atoms with Crippen LogP contribution in [0, 0.1) is 10.1 Å². The van der Waals surface area contributed by atoms with Crippen molar-refractivity contribution in [1.82, 2.24) is 4.72 Å². The first-order valence-corrected chi connectivity index (χ1v) is 8.43. The molecule has 1 aliphatic heterocycles. The van der Waals surface area contributed by atoms with E-state index in [4.69, 9.17) is 5.84 Å². The van der Waals surface area contributed by atoms with Crippen molar-refractivity contribution in [3.63, 3.8) is 0 Å². The van der Waals surface area contributed by atoms with Crippen LogP contribution >= 0.6 is 11.8 Å². The number of thioether (sulfide) groups is 1. The van der Waals surface area contributed by atoms with E-state index in [1.165, 1.54) is 6.07 Å². The Morgan fingerprint density at radius 3 is 2.75 bits per heavy atom. The largest absolute Gasteiger partial charge is 0.324 e. The summed E-state index contributed by atoms with van der Waals surface area (Å²) in [6.07, 6.45) is 0.715. The predicted molar refractivity (Wildman–Crippen MR) is 77.0 cm³/mol. The molecule has 2 rings (SSSR count). The summed E-state index contributed by atoms with van der Waals surface area (Å²) in [5.74, 6) is 6.76. The summed E-state index contributed by atoms with van der Waals surface area (Å²) >= 11 is 1.64. The van der Waals surface area contributed by atoms with Crippen LogP contribution in [0.25, 0.3) is 0 Å². The molecule has 1 aromatic carbocycles. The fourth-order valence-electron chi connectivity index (χ4n) is 1.88. The topological polar surface area (TPSA) is 127 Å². The summed E-state index contributed by atoms with van der Waals surface area (Å²) in [4.78, 5) is 9.86. The third-order valence-corrected chi connectivity index (χ3v) is 5.58. The Labute approximate surface area is 120 Å². The molecular formula is C10H14N4O4S2. The highest BCUT2D eigenvalue weighted by Crippen LogP contribution is 2.28. The van der Waals surface area contributed by atoms with E-state index < -0.39 is 20.6 Å². The fraction of sp³-hybridized carbons (Fsp3) is 0.400. The summed E-state index contributed by atoms with van der Waals surface area (Å²) < 4.78 is 27.1. The molecule has 1 fully saturated rings. The first kappa shape index (κ1) is 15.0. The van der Waals surface area contributed by atoms with Gasteiger partial charge in [0, 0.05) is 17.9 Å². The minimum absolute atomic E-state index is 0.195. The molecule has 1 aliphatic rings. The third-order valence-electron chi connectivity index (χ3n) is 2.86. The van der Waals surface area contributed by atoms with E-state index in [1.54, 1.807) is 11.8 Å². The molecule has 1 unspecified atom stereocenters. The van der Waals surface area contributed by atoms with Gasteiger partial charge >= 0.3 is 0 Å². The van der Waals surface area contributed by atoms with Crippen molar-refractivity contribution >= 4 is 33.2 Å². The molecule has 10 heteroatoms. The van der Waals surface area contributed by atoms with Crippen LogP contribution in [0.5, 0.6) is 0 Å². The SMILES string of the molecule is NNc1ccc([N+](=O)[O-])c(S(=O)(=O)NC2CCSC2)c1. The second-order valence-electron chi connectivity index (χ2n) is 4.27. The van der Waals surface area contributed by atoms with Crippen molar-refractivity contribution in [2.75, 3.05) is 16.9 Å². The average molecular weight is 318 g/mol. The molecule has 1 aromatic rings. The van der Waals surface area contributed by atoms with Crippen molar-refractivity contribution in [1.29, 1.82) is 0 Å². The molecule has 0 aliphatic carbocycles.